The van der Waals surface area contributed by atoms with Crippen molar-refractivity contribution in [3.05, 3.63) is 48.7 Å². The molecule has 0 radical (unpaired) electrons. The number of hydrogen-bond donors (Lipinski definition) is 0. The molecule has 2 heterocycles. The molecule has 0 bridgehead atoms. The van der Waals surface area contributed by atoms with Crippen LogP contribution in [0, 0.1) is 0 Å². The van der Waals surface area contributed by atoms with Crippen molar-refractivity contribution in [3.63, 3.8) is 0 Å². The third-order valence-electron chi connectivity index (χ3n) is 5.70. The predicted octanol–water partition coefficient (Wildman–Crippen LogP) is 2.93. The molecule has 54 heteroatoms. The average Bonchev–Trinajstić information content (AvgIpc) is 3.60. The van der Waals surface area contributed by atoms with Crippen molar-refractivity contribution in [2.75, 3.05) is 0 Å². The van der Waals surface area contributed by atoms with E-state index in [-0.39, 0.29) is 18.3 Å². The summed E-state index contributed by atoms with van der Waals surface area (Å²) in [5.74, 6) is 0. The summed E-state index contributed by atoms with van der Waals surface area (Å²) < 4.78 is 12.1. The summed E-state index contributed by atoms with van der Waals surface area (Å²) in [5, 5.41) is 0. The SMILES string of the molecule is CC1(C)OB(c2ccc(-c3ccccn3)cc2)OC1(C)C.S=S=S=S=S=S=S=S=S=S=S=S=S=S=S=S=S=S=S=S=S=S=S=S=S=S=S=S=S=S=S=S=S=S=S=S=S=S=S=S=S=S=S=S=S=S=S=S=S=S. The van der Waals surface area contributed by atoms with Crippen LogP contribution in [0.15, 0.2) is 48.7 Å². The molecule has 1 aliphatic heterocycles. The zero-order valence-electron chi connectivity index (χ0n) is 33.4. The fraction of sp³-hybridized carbons (Fsp3) is 0.353. The lowest BCUT2D eigenvalue weighted by molar-refractivity contribution is 0.00578. The fourth-order valence-corrected chi connectivity index (χ4v) is 129. The molecule has 0 saturated carbocycles. The lowest BCUT2D eigenvalue weighted by Crippen LogP contribution is -2.41. The Hall–Kier alpha value is 9.35. The van der Waals surface area contributed by atoms with Crippen molar-refractivity contribution < 1.29 is 9.31 Å². The van der Waals surface area contributed by atoms with Crippen LogP contribution in [0.25, 0.3) is 11.3 Å². The van der Waals surface area contributed by atoms with Crippen molar-refractivity contribution in [2.45, 2.75) is 38.9 Å². The minimum Gasteiger partial charge on any atom is -0.399 e. The molecule has 0 unspecified atom stereocenters. The standard InChI is InChI=1S/C17H20BNO2.S50/c1-16(2)17(3,4)21-18(20-16)14-10-8-13(9-11-14)15-7-5-6-12-19-15;1-3-5-7-9-11-13-15-17-19-21-23-25-27-29-31-33-35-37-39-41-43-45-47-49-50-48-46-44-42-40-38-36-34-32-30-28-26-24-22-20-18-16-14-12-10-8-6-4-2/h5-12H,1-4H3;. The van der Waals surface area contributed by atoms with Gasteiger partial charge in [-0.15, -0.1) is 0 Å². The fourth-order valence-electron chi connectivity index (χ4n) is 2.85. The normalized spacial score (nSPS) is 11.3. The molecule has 3 nitrogen and oxygen atoms in total. The Labute approximate surface area is 560 Å². The van der Waals surface area contributed by atoms with E-state index in [2.05, 4.69) is 44.8 Å². The lowest BCUT2D eigenvalue weighted by Gasteiger charge is -2.32. The van der Waals surface area contributed by atoms with E-state index in [1.807, 2.05) is 332 Å². The van der Waals surface area contributed by atoms with E-state index in [0.29, 0.717) is 0 Å². The number of nitrogens with zero attached hydrogens (tertiary/aromatic N) is 1. The Morgan fingerprint density at radius 1 is 0.324 bits per heavy atom. The smallest absolute Gasteiger partial charge is 0.399 e. The molecule has 0 spiro atoms. The molecule has 1 fully saturated rings. The summed E-state index contributed by atoms with van der Waals surface area (Å²) >= 11 is 9.62. The van der Waals surface area contributed by atoms with Crippen LogP contribution >= 0.6 is 0 Å². The van der Waals surface area contributed by atoms with Crippen molar-refractivity contribution >= 4 is 461 Å². The topological polar surface area (TPSA) is 31.4 Å². The van der Waals surface area contributed by atoms with Crippen LogP contribution in [-0.2, 0) is 458 Å². The highest BCUT2D eigenvalue weighted by Crippen LogP contribution is 2.36. The van der Waals surface area contributed by atoms with E-state index in [4.69, 9.17) is 31.7 Å². The zero-order chi connectivity index (χ0) is 51.0. The minimum absolute atomic E-state index is 0.308. The maximum Gasteiger partial charge on any atom is 0.494 e. The molecule has 1 aromatic carbocycles. The molecule has 0 amide bonds. The first-order valence-electron chi connectivity index (χ1n) is 15.4. The monoisotopic (exact) mass is 1880 g/mol. The van der Waals surface area contributed by atoms with Gasteiger partial charge < -0.3 is 9.31 Å². The highest BCUT2D eigenvalue weighted by atomic mass is 33.5. The summed E-state index contributed by atoms with van der Waals surface area (Å²) in [6.45, 7) is 8.26. The van der Waals surface area contributed by atoms with Gasteiger partial charge >= 0.3 is 7.12 Å². The van der Waals surface area contributed by atoms with Crippen molar-refractivity contribution in [2.24, 2.45) is 0 Å². The molecular formula is C17H20BNO2S50. The second-order valence-corrected chi connectivity index (χ2v) is 94.6. The summed E-state index contributed by atoms with van der Waals surface area (Å²) in [6.07, 6.45) is 1.80. The van der Waals surface area contributed by atoms with Crippen molar-refractivity contribution in [1.29, 1.82) is 0 Å². The van der Waals surface area contributed by atoms with Gasteiger partial charge in [0.15, 0.2) is 0 Å². The Morgan fingerprint density at radius 3 is 0.746 bits per heavy atom. The van der Waals surface area contributed by atoms with E-state index in [0.717, 1.165) is 16.7 Å². The second-order valence-electron chi connectivity index (χ2n) is 9.69. The molecule has 1 aromatic heterocycles. The highest BCUT2D eigenvalue weighted by Gasteiger charge is 2.51. The average molecular weight is 1880 g/mol. The lowest BCUT2D eigenvalue weighted by atomic mass is 9.79. The van der Waals surface area contributed by atoms with Crippen molar-refractivity contribution in [3.8, 4) is 11.3 Å². The largest absolute Gasteiger partial charge is 0.494 e. The molecule has 0 atom stereocenters. The van der Waals surface area contributed by atoms with Gasteiger partial charge in [-0.1, -0.05) is 30.3 Å². The Morgan fingerprint density at radius 2 is 0.549 bits per heavy atom. The number of aromatic nitrogens is 1. The third kappa shape index (κ3) is 46.2. The summed E-state index contributed by atoms with van der Waals surface area (Å²) in [7, 11) is 85.4. The summed E-state index contributed by atoms with van der Waals surface area (Å²) in [5.41, 5.74) is 2.48. The van der Waals surface area contributed by atoms with E-state index in [1.54, 1.807) is 113 Å². The minimum atomic E-state index is -0.312. The first-order chi connectivity index (χ1) is 34.8. The molecule has 0 aliphatic carbocycles. The quantitative estimate of drug-likeness (QED) is 0.433. The van der Waals surface area contributed by atoms with E-state index >= 15 is 0 Å². The summed E-state index contributed by atoms with van der Waals surface area (Å²) in [4.78, 5) is 4.36. The van der Waals surface area contributed by atoms with Crippen molar-refractivity contribution in [1.82, 2.24) is 4.98 Å². The van der Waals surface area contributed by atoms with Gasteiger partial charge in [0.25, 0.3) is 0 Å². The number of benzene rings is 1. The Balaban J connectivity index is 0.000000670. The van der Waals surface area contributed by atoms with Gasteiger partial charge in [-0.2, -0.15) is 0 Å². The number of pyridine rings is 1. The predicted molar refractivity (Wildman–Crippen MR) is 454 cm³/mol. The Kier molecular flexibility index (Phi) is 61.5. The molecule has 2 aromatic rings. The van der Waals surface area contributed by atoms with Gasteiger partial charge in [-0.05, 0) is 45.3 Å². The van der Waals surface area contributed by atoms with Gasteiger partial charge in [-0.3, -0.25) is 4.98 Å². The van der Waals surface area contributed by atoms with Crippen LogP contribution < -0.4 is 5.46 Å². The van der Waals surface area contributed by atoms with Crippen LogP contribution in [0.2, 0.25) is 0 Å². The van der Waals surface area contributed by atoms with Crippen LogP contribution in [0.3, 0.4) is 0 Å². The molecule has 3 rings (SSSR count). The van der Waals surface area contributed by atoms with Gasteiger partial charge in [-0.25, -0.2) is 0 Å². The van der Waals surface area contributed by atoms with Gasteiger partial charge in [0.05, 0.1) is 16.9 Å². The molecule has 71 heavy (non-hydrogen) atoms. The second kappa shape index (κ2) is 57.1. The van der Waals surface area contributed by atoms with Crippen LogP contribution in [0.1, 0.15) is 27.7 Å². The van der Waals surface area contributed by atoms with Crippen LogP contribution in [0.5, 0.6) is 0 Å². The van der Waals surface area contributed by atoms with Gasteiger partial charge in [0.2, 0.25) is 0 Å². The Bertz CT molecular complexity index is 4280. The van der Waals surface area contributed by atoms with Gasteiger partial charge in [0, 0.05) is 460 Å². The van der Waals surface area contributed by atoms with Crippen LogP contribution in [0.4, 0.5) is 0 Å². The molecule has 1 saturated heterocycles. The molecular weight excluding hydrogens is 1860 g/mol. The van der Waals surface area contributed by atoms with Crippen LogP contribution in [-0.4, -0.2) is 23.3 Å². The highest BCUT2D eigenvalue weighted by molar-refractivity contribution is 8.82. The van der Waals surface area contributed by atoms with E-state index < -0.39 is 0 Å². The molecule has 1 aliphatic rings. The van der Waals surface area contributed by atoms with E-state index in [9.17, 15) is 0 Å². The first-order valence-corrected chi connectivity index (χ1v) is 80.8. The van der Waals surface area contributed by atoms with E-state index in [1.165, 1.54) is 17.8 Å². The zero-order valence-corrected chi connectivity index (χ0v) is 74.2. The first kappa shape index (κ1) is 76.5. The third-order valence-corrected chi connectivity index (χ3v) is 110. The van der Waals surface area contributed by atoms with Gasteiger partial charge in [0.1, 0.15) is 0 Å². The number of rotatable bonds is 2. The molecule has 0 N–H and O–H groups in total. The maximum atomic E-state index is 6.06. The molecule has 408 valence electrons. The maximum absolute atomic E-state index is 6.06. The number of hydrogen-bond acceptors (Lipinski definition) is 5. The summed E-state index contributed by atoms with van der Waals surface area (Å²) in [6, 6.07) is 14.1.